The minimum Gasteiger partial charge on any atom is -0.385 e. The molecule has 0 aliphatic rings. The molecular weight excluding hydrogens is 246 g/mol. The zero-order valence-corrected chi connectivity index (χ0v) is 10.1. The number of nitrogens with zero attached hydrogens (tertiary/aromatic N) is 2. The maximum absolute atomic E-state index is 9.84. The summed E-state index contributed by atoms with van der Waals surface area (Å²) in [7, 11) is 1.82. The van der Waals surface area contributed by atoms with Crippen molar-refractivity contribution >= 4 is 15.9 Å². The molecule has 0 fully saturated rings. The lowest BCUT2D eigenvalue weighted by Gasteiger charge is -2.12. The van der Waals surface area contributed by atoms with Crippen LogP contribution in [0.4, 0.5) is 0 Å². The molecule has 5 heteroatoms. The Morgan fingerprint density at radius 3 is 2.93 bits per heavy atom. The zero-order chi connectivity index (χ0) is 10.6. The third-order valence-electron chi connectivity index (χ3n) is 2.02. The molecule has 0 aliphatic heterocycles. The summed E-state index contributed by atoms with van der Waals surface area (Å²) < 4.78 is 2.54. The number of aromatic nitrogens is 2. The molecule has 1 heterocycles. The Labute approximate surface area is 92.4 Å². The van der Waals surface area contributed by atoms with E-state index in [0.717, 1.165) is 23.1 Å². The molecule has 0 saturated carbocycles. The van der Waals surface area contributed by atoms with Crippen LogP contribution in [-0.4, -0.2) is 28.0 Å². The van der Waals surface area contributed by atoms with E-state index in [4.69, 9.17) is 0 Å². The van der Waals surface area contributed by atoms with E-state index < -0.39 is 6.10 Å². The van der Waals surface area contributed by atoms with E-state index in [-0.39, 0.29) is 0 Å². The van der Waals surface area contributed by atoms with Gasteiger partial charge in [0.25, 0.3) is 0 Å². The second-order valence-electron chi connectivity index (χ2n) is 3.22. The lowest BCUT2D eigenvalue weighted by Crippen LogP contribution is -2.23. The molecule has 0 bridgehead atoms. The van der Waals surface area contributed by atoms with Gasteiger partial charge in [-0.15, -0.1) is 0 Å². The highest BCUT2D eigenvalue weighted by Gasteiger charge is 2.15. The highest BCUT2D eigenvalue weighted by Crippen LogP contribution is 2.21. The van der Waals surface area contributed by atoms with Crippen molar-refractivity contribution < 1.29 is 5.11 Å². The fourth-order valence-corrected chi connectivity index (χ4v) is 1.92. The summed E-state index contributed by atoms with van der Waals surface area (Å²) >= 11 is 3.36. The third kappa shape index (κ3) is 2.80. The number of hydrogen-bond acceptors (Lipinski definition) is 3. The van der Waals surface area contributed by atoms with Gasteiger partial charge in [-0.3, -0.25) is 4.68 Å². The minimum absolute atomic E-state index is 0.511. The molecule has 1 aromatic heterocycles. The molecule has 0 aliphatic carbocycles. The van der Waals surface area contributed by atoms with Crippen LogP contribution in [0.3, 0.4) is 0 Å². The van der Waals surface area contributed by atoms with Crippen molar-refractivity contribution in [3.05, 3.63) is 16.4 Å². The molecule has 0 amide bonds. The molecule has 80 valence electrons. The van der Waals surface area contributed by atoms with E-state index in [0.29, 0.717) is 6.54 Å². The van der Waals surface area contributed by atoms with Crippen LogP contribution < -0.4 is 5.32 Å². The number of aliphatic hydroxyl groups excluding tert-OH is 1. The largest absolute Gasteiger partial charge is 0.385 e. The van der Waals surface area contributed by atoms with Crippen molar-refractivity contribution in [1.82, 2.24) is 15.1 Å². The Morgan fingerprint density at radius 2 is 2.43 bits per heavy atom. The normalized spacial score (nSPS) is 13.1. The van der Waals surface area contributed by atoms with E-state index in [1.165, 1.54) is 0 Å². The first kappa shape index (κ1) is 11.7. The number of aliphatic hydroxyl groups is 1. The summed E-state index contributed by atoms with van der Waals surface area (Å²) in [5.74, 6) is 0. The number of rotatable bonds is 5. The number of aryl methyl sites for hydroxylation is 1. The van der Waals surface area contributed by atoms with Gasteiger partial charge < -0.3 is 10.4 Å². The number of hydrogen-bond donors (Lipinski definition) is 2. The van der Waals surface area contributed by atoms with Crippen molar-refractivity contribution in [3.8, 4) is 0 Å². The monoisotopic (exact) mass is 261 g/mol. The summed E-state index contributed by atoms with van der Waals surface area (Å²) in [6.07, 6.45) is 2.25. The summed E-state index contributed by atoms with van der Waals surface area (Å²) in [6.45, 7) is 3.58. The van der Waals surface area contributed by atoms with E-state index in [1.54, 1.807) is 10.9 Å². The smallest absolute Gasteiger partial charge is 0.109 e. The Balaban J connectivity index is 2.55. The van der Waals surface area contributed by atoms with Gasteiger partial charge in [0.15, 0.2) is 0 Å². The van der Waals surface area contributed by atoms with Gasteiger partial charge in [0.05, 0.1) is 16.4 Å². The fourth-order valence-electron chi connectivity index (χ4n) is 1.31. The molecule has 1 rings (SSSR count). The van der Waals surface area contributed by atoms with Gasteiger partial charge in [-0.1, -0.05) is 6.92 Å². The van der Waals surface area contributed by atoms with Crippen molar-refractivity contribution in [2.24, 2.45) is 7.05 Å². The van der Waals surface area contributed by atoms with Crippen LogP contribution >= 0.6 is 15.9 Å². The quantitative estimate of drug-likeness (QED) is 0.784. The average molecular weight is 262 g/mol. The van der Waals surface area contributed by atoms with Gasteiger partial charge in [0.2, 0.25) is 0 Å². The predicted molar refractivity (Wildman–Crippen MR) is 59.0 cm³/mol. The van der Waals surface area contributed by atoms with Gasteiger partial charge in [-0.05, 0) is 28.9 Å². The lowest BCUT2D eigenvalue weighted by atomic mass is 10.2. The van der Waals surface area contributed by atoms with Crippen molar-refractivity contribution in [2.75, 3.05) is 13.1 Å². The Morgan fingerprint density at radius 1 is 1.71 bits per heavy atom. The molecule has 2 N–H and O–H groups in total. The van der Waals surface area contributed by atoms with Crippen LogP contribution in [0, 0.1) is 0 Å². The SMILES string of the molecule is CCCNCC(O)c1c(Br)cnn1C. The van der Waals surface area contributed by atoms with Crippen molar-refractivity contribution in [1.29, 1.82) is 0 Å². The lowest BCUT2D eigenvalue weighted by molar-refractivity contribution is 0.164. The third-order valence-corrected chi connectivity index (χ3v) is 2.63. The van der Waals surface area contributed by atoms with Crippen LogP contribution in [0.25, 0.3) is 0 Å². The minimum atomic E-state index is -0.511. The summed E-state index contributed by atoms with van der Waals surface area (Å²) in [6, 6.07) is 0. The molecule has 0 aromatic carbocycles. The first-order chi connectivity index (χ1) is 6.66. The van der Waals surface area contributed by atoms with Crippen molar-refractivity contribution in [2.45, 2.75) is 19.4 Å². The van der Waals surface area contributed by atoms with Gasteiger partial charge >= 0.3 is 0 Å². The first-order valence-corrected chi connectivity index (χ1v) is 5.52. The number of nitrogens with one attached hydrogen (secondary N) is 1. The maximum atomic E-state index is 9.84. The molecule has 4 nitrogen and oxygen atoms in total. The van der Waals surface area contributed by atoms with E-state index in [9.17, 15) is 5.11 Å². The number of halogens is 1. The highest BCUT2D eigenvalue weighted by molar-refractivity contribution is 9.10. The molecule has 0 spiro atoms. The highest BCUT2D eigenvalue weighted by atomic mass is 79.9. The molecule has 0 radical (unpaired) electrons. The topological polar surface area (TPSA) is 50.1 Å². The molecular formula is C9H16BrN3O. The van der Waals surface area contributed by atoms with Crippen LogP contribution in [0.2, 0.25) is 0 Å². The second kappa shape index (κ2) is 5.48. The van der Waals surface area contributed by atoms with Crippen LogP contribution in [-0.2, 0) is 7.05 Å². The van der Waals surface area contributed by atoms with Crippen LogP contribution in [0.5, 0.6) is 0 Å². The molecule has 1 atom stereocenters. The Bertz CT molecular complexity index is 268. The Hall–Kier alpha value is -0.390. The van der Waals surface area contributed by atoms with Crippen molar-refractivity contribution in [3.63, 3.8) is 0 Å². The molecule has 1 unspecified atom stereocenters. The van der Waals surface area contributed by atoms with Gasteiger partial charge in [-0.25, -0.2) is 0 Å². The van der Waals surface area contributed by atoms with Gasteiger partial charge in [0.1, 0.15) is 6.10 Å². The summed E-state index contributed by atoms with van der Waals surface area (Å²) in [5, 5.41) is 17.1. The molecule has 14 heavy (non-hydrogen) atoms. The van der Waals surface area contributed by atoms with Crippen LogP contribution in [0.15, 0.2) is 10.7 Å². The van der Waals surface area contributed by atoms with E-state index >= 15 is 0 Å². The predicted octanol–water partition coefficient (Wildman–Crippen LogP) is 1.22. The van der Waals surface area contributed by atoms with E-state index in [1.807, 2.05) is 7.05 Å². The standard InChI is InChI=1S/C9H16BrN3O/c1-3-4-11-6-8(14)9-7(10)5-12-13(9)2/h5,8,11,14H,3-4,6H2,1-2H3. The molecule has 0 saturated heterocycles. The fraction of sp³-hybridized carbons (Fsp3) is 0.667. The second-order valence-corrected chi connectivity index (χ2v) is 4.08. The maximum Gasteiger partial charge on any atom is 0.109 e. The summed E-state index contributed by atoms with van der Waals surface area (Å²) in [4.78, 5) is 0. The van der Waals surface area contributed by atoms with Gasteiger partial charge in [-0.2, -0.15) is 5.10 Å². The van der Waals surface area contributed by atoms with Crippen LogP contribution in [0.1, 0.15) is 25.1 Å². The average Bonchev–Trinajstić information content (AvgIpc) is 2.46. The molecule has 1 aromatic rings. The summed E-state index contributed by atoms with van der Waals surface area (Å²) in [5.41, 5.74) is 0.814. The Kier molecular flexibility index (Phi) is 4.57. The first-order valence-electron chi connectivity index (χ1n) is 4.73. The van der Waals surface area contributed by atoms with E-state index in [2.05, 4.69) is 33.3 Å². The zero-order valence-electron chi connectivity index (χ0n) is 8.50. The van der Waals surface area contributed by atoms with Gasteiger partial charge in [0, 0.05) is 13.6 Å².